The number of rotatable bonds is 2. The average molecular weight is 187 g/mol. The van der Waals surface area contributed by atoms with Crippen LogP contribution in [0, 0.1) is 0 Å². The summed E-state index contributed by atoms with van der Waals surface area (Å²) >= 11 is 0. The smallest absolute Gasteiger partial charge is 0.0667 e. The highest BCUT2D eigenvalue weighted by molar-refractivity contribution is 5.84. The van der Waals surface area contributed by atoms with Gasteiger partial charge >= 0.3 is 0 Å². The molecule has 0 atom stereocenters. The van der Waals surface area contributed by atoms with E-state index < -0.39 is 0 Å². The molecule has 14 heavy (non-hydrogen) atoms. The van der Waals surface area contributed by atoms with Gasteiger partial charge < -0.3 is 0 Å². The molecule has 0 radical (unpaired) electrons. The predicted molar refractivity (Wildman–Crippen MR) is 61.6 cm³/mol. The minimum Gasteiger partial charge on any atom is -0.260 e. The van der Waals surface area contributed by atoms with E-state index in [1.165, 1.54) is 24.0 Å². The highest BCUT2D eigenvalue weighted by Crippen LogP contribution is 2.36. The maximum absolute atomic E-state index is 4.43. The third-order valence-corrected chi connectivity index (χ3v) is 2.82. The normalized spacial score (nSPS) is 17.1. The van der Waals surface area contributed by atoms with Crippen molar-refractivity contribution < 1.29 is 0 Å². The Labute approximate surface area is 85.9 Å². The topological polar surface area (TPSA) is 12.4 Å². The minimum absolute atomic E-state index is 0.124. The first-order chi connectivity index (χ1) is 6.63. The number of hydrogen-bond acceptors (Lipinski definition) is 1. The molecule has 1 aliphatic rings. The Kier molecular flexibility index (Phi) is 2.18. The molecular formula is C13H17N. The van der Waals surface area contributed by atoms with E-state index in [9.17, 15) is 0 Å². The van der Waals surface area contributed by atoms with Gasteiger partial charge in [0.2, 0.25) is 0 Å². The van der Waals surface area contributed by atoms with E-state index in [1.807, 2.05) is 6.21 Å². The molecular weight excluding hydrogens is 170 g/mol. The van der Waals surface area contributed by atoms with Gasteiger partial charge in [0.25, 0.3) is 0 Å². The Bertz CT molecular complexity index is 375. The fourth-order valence-corrected chi connectivity index (χ4v) is 1.96. The average Bonchev–Trinajstić information content (AvgIpc) is 2.44. The molecule has 0 spiro atoms. The van der Waals surface area contributed by atoms with E-state index in [4.69, 9.17) is 0 Å². The molecule has 2 rings (SSSR count). The molecule has 0 bridgehead atoms. The van der Waals surface area contributed by atoms with Crippen molar-refractivity contribution in [2.45, 2.75) is 39.0 Å². The third-order valence-electron chi connectivity index (χ3n) is 2.82. The number of benzene rings is 1. The number of nitrogens with zero attached hydrogens (tertiary/aromatic N) is 1. The van der Waals surface area contributed by atoms with Crippen molar-refractivity contribution in [1.82, 2.24) is 0 Å². The Balaban J connectivity index is 2.41. The Morgan fingerprint density at radius 1 is 1.29 bits per heavy atom. The molecule has 0 N–H and O–H groups in total. The summed E-state index contributed by atoms with van der Waals surface area (Å²) in [6.07, 6.45) is 4.43. The summed E-state index contributed by atoms with van der Waals surface area (Å²) in [6, 6.07) is 6.65. The second kappa shape index (κ2) is 3.23. The SMILES string of the molecule is CCCc1ccc2c(c1)C(C)(C)C=N2. The quantitative estimate of drug-likeness (QED) is 0.670. The molecule has 0 saturated carbocycles. The molecule has 0 aliphatic carbocycles. The van der Waals surface area contributed by atoms with Crippen LogP contribution in [0.2, 0.25) is 0 Å². The fourth-order valence-electron chi connectivity index (χ4n) is 1.96. The highest BCUT2D eigenvalue weighted by Gasteiger charge is 2.26. The van der Waals surface area contributed by atoms with Crippen molar-refractivity contribution >= 4 is 11.9 Å². The second-order valence-corrected chi connectivity index (χ2v) is 4.58. The Morgan fingerprint density at radius 2 is 2.07 bits per heavy atom. The van der Waals surface area contributed by atoms with Gasteiger partial charge in [0.15, 0.2) is 0 Å². The van der Waals surface area contributed by atoms with Crippen LogP contribution in [0.3, 0.4) is 0 Å². The van der Waals surface area contributed by atoms with Gasteiger partial charge in [-0.15, -0.1) is 0 Å². The summed E-state index contributed by atoms with van der Waals surface area (Å²) in [6.45, 7) is 6.66. The summed E-state index contributed by atoms with van der Waals surface area (Å²) in [5, 5.41) is 0. The van der Waals surface area contributed by atoms with E-state index >= 15 is 0 Å². The van der Waals surface area contributed by atoms with Gasteiger partial charge in [-0.05, 0) is 23.6 Å². The van der Waals surface area contributed by atoms with Gasteiger partial charge in [-0.25, -0.2) is 0 Å². The fraction of sp³-hybridized carbons (Fsp3) is 0.462. The van der Waals surface area contributed by atoms with Crippen LogP contribution in [0.1, 0.15) is 38.3 Å². The lowest BCUT2D eigenvalue weighted by Crippen LogP contribution is -2.15. The van der Waals surface area contributed by atoms with E-state index in [1.54, 1.807) is 0 Å². The van der Waals surface area contributed by atoms with Crippen LogP contribution in [0.15, 0.2) is 23.2 Å². The predicted octanol–water partition coefficient (Wildman–Crippen LogP) is 3.63. The summed E-state index contributed by atoms with van der Waals surface area (Å²) in [4.78, 5) is 4.43. The van der Waals surface area contributed by atoms with E-state index in [2.05, 4.69) is 44.0 Å². The lowest BCUT2D eigenvalue weighted by atomic mass is 9.86. The van der Waals surface area contributed by atoms with Crippen molar-refractivity contribution in [3.63, 3.8) is 0 Å². The monoisotopic (exact) mass is 187 g/mol. The van der Waals surface area contributed by atoms with Gasteiger partial charge in [-0.1, -0.05) is 39.3 Å². The Morgan fingerprint density at radius 3 is 2.79 bits per heavy atom. The first kappa shape index (κ1) is 9.45. The van der Waals surface area contributed by atoms with E-state index in [0.29, 0.717) is 0 Å². The highest BCUT2D eigenvalue weighted by atomic mass is 14.8. The molecule has 0 amide bonds. The largest absolute Gasteiger partial charge is 0.260 e. The van der Waals surface area contributed by atoms with Crippen molar-refractivity contribution in [2.24, 2.45) is 4.99 Å². The molecule has 0 fully saturated rings. The first-order valence-corrected chi connectivity index (χ1v) is 5.32. The summed E-state index contributed by atoms with van der Waals surface area (Å²) in [5.74, 6) is 0. The van der Waals surface area contributed by atoms with Crippen LogP contribution < -0.4 is 0 Å². The summed E-state index contributed by atoms with van der Waals surface area (Å²) in [5.41, 5.74) is 4.09. The maximum Gasteiger partial charge on any atom is 0.0667 e. The molecule has 1 heterocycles. The lowest BCUT2D eigenvalue weighted by molar-refractivity contribution is 0.749. The van der Waals surface area contributed by atoms with Crippen LogP contribution in [0.5, 0.6) is 0 Å². The number of aliphatic imine (C=N–C) groups is 1. The maximum atomic E-state index is 4.43. The van der Waals surface area contributed by atoms with Crippen molar-refractivity contribution in [3.05, 3.63) is 29.3 Å². The molecule has 74 valence electrons. The standard InChI is InChI=1S/C13H17N/c1-4-5-10-6-7-12-11(8-10)13(2,3)9-14-12/h6-9H,4-5H2,1-3H3. The van der Waals surface area contributed by atoms with Crippen molar-refractivity contribution in [2.75, 3.05) is 0 Å². The number of hydrogen-bond donors (Lipinski definition) is 0. The zero-order chi connectivity index (χ0) is 10.2. The van der Waals surface area contributed by atoms with Crippen LogP contribution >= 0.6 is 0 Å². The second-order valence-electron chi connectivity index (χ2n) is 4.58. The summed E-state index contributed by atoms with van der Waals surface area (Å²) < 4.78 is 0. The van der Waals surface area contributed by atoms with Gasteiger partial charge in [0.05, 0.1) is 5.69 Å². The van der Waals surface area contributed by atoms with Gasteiger partial charge in [-0.3, -0.25) is 4.99 Å². The lowest BCUT2D eigenvalue weighted by Gasteiger charge is -2.16. The minimum atomic E-state index is 0.124. The molecule has 0 unspecified atom stereocenters. The molecule has 1 aromatic rings. The zero-order valence-electron chi connectivity index (χ0n) is 9.17. The first-order valence-electron chi connectivity index (χ1n) is 5.32. The van der Waals surface area contributed by atoms with Crippen molar-refractivity contribution in [1.29, 1.82) is 0 Å². The van der Waals surface area contributed by atoms with Gasteiger partial charge in [0, 0.05) is 11.6 Å². The van der Waals surface area contributed by atoms with Crippen LogP contribution in [0.25, 0.3) is 0 Å². The van der Waals surface area contributed by atoms with Crippen LogP contribution in [0.4, 0.5) is 5.69 Å². The number of aryl methyl sites for hydroxylation is 1. The molecule has 0 aromatic heterocycles. The molecule has 1 heteroatoms. The van der Waals surface area contributed by atoms with Crippen molar-refractivity contribution in [3.8, 4) is 0 Å². The van der Waals surface area contributed by atoms with E-state index in [-0.39, 0.29) is 5.41 Å². The molecule has 1 nitrogen and oxygen atoms in total. The zero-order valence-corrected chi connectivity index (χ0v) is 9.17. The third kappa shape index (κ3) is 1.47. The Hall–Kier alpha value is -1.11. The van der Waals surface area contributed by atoms with Crippen LogP contribution in [-0.4, -0.2) is 6.21 Å². The van der Waals surface area contributed by atoms with Gasteiger partial charge in [-0.2, -0.15) is 0 Å². The van der Waals surface area contributed by atoms with Gasteiger partial charge in [0.1, 0.15) is 0 Å². The summed E-state index contributed by atoms with van der Waals surface area (Å²) in [7, 11) is 0. The number of fused-ring (bicyclic) bond motifs is 1. The molecule has 0 saturated heterocycles. The molecule has 1 aromatic carbocycles. The molecule has 1 aliphatic heterocycles. The van der Waals surface area contributed by atoms with Crippen LogP contribution in [-0.2, 0) is 11.8 Å². The van der Waals surface area contributed by atoms with E-state index in [0.717, 1.165) is 5.69 Å².